The molecule has 2 aromatic heterocycles. The van der Waals surface area contributed by atoms with Gasteiger partial charge in [0.1, 0.15) is 23.2 Å². The lowest BCUT2D eigenvalue weighted by molar-refractivity contribution is -0.121. The Morgan fingerprint density at radius 1 is 1.13 bits per heavy atom. The lowest BCUT2D eigenvalue weighted by Gasteiger charge is -2.07. The number of benzene rings is 2. The van der Waals surface area contributed by atoms with Gasteiger partial charge in [-0.3, -0.25) is 14.2 Å². The Bertz CT molecular complexity index is 1230. The van der Waals surface area contributed by atoms with Gasteiger partial charge in [-0.25, -0.2) is 9.37 Å². The molecule has 30 heavy (non-hydrogen) atoms. The van der Waals surface area contributed by atoms with Gasteiger partial charge in [0.05, 0.1) is 0 Å². The van der Waals surface area contributed by atoms with Crippen LogP contribution in [0.1, 0.15) is 12.0 Å². The molecule has 1 N–H and O–H groups in total. The van der Waals surface area contributed by atoms with E-state index in [1.807, 2.05) is 30.3 Å². The second kappa shape index (κ2) is 8.69. The van der Waals surface area contributed by atoms with E-state index in [9.17, 15) is 14.0 Å². The number of hydrogen-bond donors (Lipinski definition) is 1. The van der Waals surface area contributed by atoms with Crippen molar-refractivity contribution in [3.05, 3.63) is 82.7 Å². The Morgan fingerprint density at radius 2 is 1.97 bits per heavy atom. The lowest BCUT2D eigenvalue weighted by atomic mass is 10.1. The third-order valence-corrected chi connectivity index (χ3v) is 4.72. The van der Waals surface area contributed by atoms with Crippen molar-refractivity contribution in [2.75, 3.05) is 6.54 Å². The highest BCUT2D eigenvalue weighted by atomic mass is 19.1. The zero-order valence-corrected chi connectivity index (χ0v) is 16.0. The summed E-state index contributed by atoms with van der Waals surface area (Å²) in [6.45, 7) is 0.678. The van der Waals surface area contributed by atoms with Crippen LogP contribution in [0.2, 0.25) is 0 Å². The molecule has 0 aliphatic rings. The maximum Gasteiger partial charge on any atom is 0.266 e. The summed E-state index contributed by atoms with van der Waals surface area (Å²) in [5.41, 5.74) is 1.47. The predicted molar refractivity (Wildman–Crippen MR) is 109 cm³/mol. The normalized spacial score (nSPS) is 11.0. The van der Waals surface area contributed by atoms with E-state index >= 15 is 0 Å². The molecule has 8 heteroatoms. The minimum atomic E-state index is -0.444. The molecule has 0 spiro atoms. The van der Waals surface area contributed by atoms with Gasteiger partial charge in [-0.1, -0.05) is 47.6 Å². The van der Waals surface area contributed by atoms with E-state index < -0.39 is 11.4 Å². The first-order valence-corrected chi connectivity index (χ1v) is 9.53. The number of nitrogens with one attached hydrogen (secondary N) is 1. The van der Waals surface area contributed by atoms with E-state index in [0.29, 0.717) is 12.1 Å². The summed E-state index contributed by atoms with van der Waals surface area (Å²) < 4.78 is 20.0. The van der Waals surface area contributed by atoms with Crippen LogP contribution in [0.25, 0.3) is 22.4 Å². The van der Waals surface area contributed by atoms with Crippen molar-refractivity contribution < 1.29 is 13.7 Å². The number of nitrogens with zero attached hydrogens (tertiary/aromatic N) is 3. The van der Waals surface area contributed by atoms with Crippen LogP contribution in [-0.2, 0) is 17.8 Å². The van der Waals surface area contributed by atoms with Gasteiger partial charge in [0, 0.05) is 25.1 Å². The molecule has 0 unspecified atom stereocenters. The second-order valence-corrected chi connectivity index (χ2v) is 6.80. The molecule has 4 aromatic rings. The number of fused-ring (bicyclic) bond motifs is 1. The molecule has 0 atom stereocenters. The molecular weight excluding hydrogens is 387 g/mol. The zero-order chi connectivity index (χ0) is 20.9. The summed E-state index contributed by atoms with van der Waals surface area (Å²) in [6.07, 6.45) is 2.18. The van der Waals surface area contributed by atoms with E-state index in [1.165, 1.54) is 29.1 Å². The zero-order valence-electron chi connectivity index (χ0n) is 16.0. The minimum absolute atomic E-state index is 0.0721. The van der Waals surface area contributed by atoms with Crippen LogP contribution in [0.4, 0.5) is 4.39 Å². The molecule has 0 saturated carbocycles. The molecule has 1 amide bonds. The van der Waals surface area contributed by atoms with Crippen LogP contribution >= 0.6 is 0 Å². The Morgan fingerprint density at radius 3 is 2.77 bits per heavy atom. The van der Waals surface area contributed by atoms with Crippen molar-refractivity contribution in [2.45, 2.75) is 19.4 Å². The van der Waals surface area contributed by atoms with Crippen molar-refractivity contribution in [2.24, 2.45) is 0 Å². The van der Waals surface area contributed by atoms with Crippen LogP contribution in [0, 0.1) is 5.82 Å². The Hall–Kier alpha value is -3.81. The molecular formula is C22H19FN4O3. The summed E-state index contributed by atoms with van der Waals surface area (Å²) in [5.74, 6) is -0.603. The number of carbonyl (C=O) groups excluding carboxylic acids is 1. The van der Waals surface area contributed by atoms with Gasteiger partial charge in [-0.2, -0.15) is 0 Å². The summed E-state index contributed by atoms with van der Waals surface area (Å²) in [6, 6.07) is 15.6. The van der Waals surface area contributed by atoms with Gasteiger partial charge >= 0.3 is 0 Å². The fourth-order valence-corrected chi connectivity index (χ4v) is 3.17. The summed E-state index contributed by atoms with van der Waals surface area (Å²) in [4.78, 5) is 29.1. The van der Waals surface area contributed by atoms with Crippen molar-refractivity contribution in [1.82, 2.24) is 20.0 Å². The van der Waals surface area contributed by atoms with E-state index in [4.69, 9.17) is 4.52 Å². The fraction of sp³-hybridized carbons (Fsp3) is 0.182. The van der Waals surface area contributed by atoms with Gasteiger partial charge in [-0.05, 0) is 24.1 Å². The summed E-state index contributed by atoms with van der Waals surface area (Å²) >= 11 is 0. The molecule has 152 valence electrons. The van der Waals surface area contributed by atoms with Gasteiger partial charge in [0.2, 0.25) is 5.91 Å². The topological polar surface area (TPSA) is 90.0 Å². The van der Waals surface area contributed by atoms with Gasteiger partial charge in [0.25, 0.3) is 11.3 Å². The third-order valence-electron chi connectivity index (χ3n) is 4.72. The number of rotatable bonds is 7. The van der Waals surface area contributed by atoms with Crippen LogP contribution < -0.4 is 10.9 Å². The average molecular weight is 406 g/mol. The number of halogens is 1. The third kappa shape index (κ3) is 4.27. The first kappa shape index (κ1) is 19.5. The quantitative estimate of drug-likeness (QED) is 0.510. The van der Waals surface area contributed by atoms with Gasteiger partial charge in [-0.15, -0.1) is 0 Å². The smallest absolute Gasteiger partial charge is 0.266 e. The highest BCUT2D eigenvalue weighted by Gasteiger charge is 2.17. The van der Waals surface area contributed by atoms with Crippen molar-refractivity contribution in [1.29, 1.82) is 0 Å². The Kier molecular flexibility index (Phi) is 5.65. The maximum absolute atomic E-state index is 13.6. The number of amides is 1. The molecule has 0 radical (unpaired) electrons. The van der Waals surface area contributed by atoms with Crippen molar-refractivity contribution in [3.8, 4) is 11.3 Å². The highest BCUT2D eigenvalue weighted by molar-refractivity contribution is 5.88. The molecule has 0 aliphatic heterocycles. The SMILES string of the molecule is O=C(CCn1cnc2onc(-c3cccc(F)c3)c2c1=O)NCCc1ccccc1. The molecule has 2 aromatic carbocycles. The lowest BCUT2D eigenvalue weighted by Crippen LogP contribution is -2.29. The Labute approximate surface area is 171 Å². The predicted octanol–water partition coefficient (Wildman–Crippen LogP) is 2.94. The van der Waals surface area contributed by atoms with Crippen LogP contribution in [-0.4, -0.2) is 27.2 Å². The minimum Gasteiger partial charge on any atom is -0.356 e. The maximum atomic E-state index is 13.6. The number of hydrogen-bond acceptors (Lipinski definition) is 5. The number of carbonyl (C=O) groups is 1. The van der Waals surface area contributed by atoms with Crippen LogP contribution in [0.3, 0.4) is 0 Å². The van der Waals surface area contributed by atoms with E-state index in [-0.39, 0.29) is 35.7 Å². The van der Waals surface area contributed by atoms with E-state index in [0.717, 1.165) is 12.0 Å². The first-order valence-electron chi connectivity index (χ1n) is 9.53. The standard InChI is InChI=1S/C22H19FN4O3/c23-17-8-4-7-16(13-17)20-19-21(30-26-20)25-14-27(22(19)29)12-10-18(28)24-11-9-15-5-2-1-3-6-15/h1-8,13-14H,9-12H2,(H,24,28). The molecule has 7 nitrogen and oxygen atoms in total. The monoisotopic (exact) mass is 406 g/mol. The van der Waals surface area contributed by atoms with Crippen molar-refractivity contribution in [3.63, 3.8) is 0 Å². The average Bonchev–Trinajstić information content (AvgIpc) is 3.19. The van der Waals surface area contributed by atoms with Crippen LogP contribution in [0.15, 0.2) is 70.2 Å². The van der Waals surface area contributed by atoms with Gasteiger partial charge in [0.15, 0.2) is 0 Å². The van der Waals surface area contributed by atoms with E-state index in [2.05, 4.69) is 15.5 Å². The van der Waals surface area contributed by atoms with Crippen molar-refractivity contribution >= 4 is 17.0 Å². The largest absolute Gasteiger partial charge is 0.356 e. The highest BCUT2D eigenvalue weighted by Crippen LogP contribution is 2.24. The molecule has 0 bridgehead atoms. The molecule has 2 heterocycles. The fourth-order valence-electron chi connectivity index (χ4n) is 3.17. The molecule has 0 aliphatic carbocycles. The van der Waals surface area contributed by atoms with E-state index in [1.54, 1.807) is 6.07 Å². The van der Waals surface area contributed by atoms with Gasteiger partial charge < -0.3 is 9.84 Å². The number of aromatic nitrogens is 3. The summed E-state index contributed by atoms with van der Waals surface area (Å²) in [5, 5.41) is 6.89. The first-order chi connectivity index (χ1) is 14.6. The molecule has 0 fully saturated rings. The Balaban J connectivity index is 1.44. The molecule has 4 rings (SSSR count). The summed E-state index contributed by atoms with van der Waals surface area (Å²) in [7, 11) is 0. The molecule has 0 saturated heterocycles. The number of aryl methyl sites for hydroxylation is 1. The second-order valence-electron chi connectivity index (χ2n) is 6.80. The van der Waals surface area contributed by atoms with Crippen LogP contribution in [0.5, 0.6) is 0 Å².